The molecular formula is C24H43F10NO12Si2. The number of hydrogen-bond donors (Lipinski definition) is 0. The lowest BCUT2D eigenvalue weighted by Crippen LogP contribution is -2.49. The van der Waals surface area contributed by atoms with Crippen molar-refractivity contribution >= 4 is 23.5 Å². The van der Waals surface area contributed by atoms with E-state index in [1.807, 2.05) is 0 Å². The third kappa shape index (κ3) is 18.7. The van der Waals surface area contributed by atoms with E-state index in [2.05, 4.69) is 23.7 Å². The summed E-state index contributed by atoms with van der Waals surface area (Å²) in [4.78, 5) is 13.4. The average molecular weight is 784 g/mol. The van der Waals surface area contributed by atoms with Gasteiger partial charge in [-0.05, 0) is 12.8 Å². The maximum absolute atomic E-state index is 14.8. The van der Waals surface area contributed by atoms with E-state index in [1.165, 1.54) is 42.7 Å². The SMILES string of the molecule is CO[Si](CCCN(CCC[Si](OC)(OC)OC)C(=O)C(F)(F)OCC(F)(F)OCOCC(F)(F)OC(F)(F)COCC(C)(F)F)(OC)OC. The first-order valence-electron chi connectivity index (χ1n) is 14.0. The molecule has 0 saturated carbocycles. The third-order valence-corrected chi connectivity index (χ3v) is 11.9. The van der Waals surface area contributed by atoms with Crippen molar-refractivity contribution in [2.45, 2.75) is 62.2 Å². The molecule has 49 heavy (non-hydrogen) atoms. The zero-order chi connectivity index (χ0) is 38.2. The number of halogens is 10. The molecule has 0 heterocycles. The molecule has 0 unspecified atom stereocenters. The highest BCUT2D eigenvalue weighted by molar-refractivity contribution is 6.60. The van der Waals surface area contributed by atoms with Gasteiger partial charge in [-0.3, -0.25) is 14.3 Å². The maximum Gasteiger partial charge on any atom is 0.500 e. The smallest absolute Gasteiger partial charge is 0.377 e. The van der Waals surface area contributed by atoms with E-state index < -0.39 is 87.1 Å². The molecule has 0 N–H and O–H groups in total. The Morgan fingerprint density at radius 3 is 1.37 bits per heavy atom. The van der Waals surface area contributed by atoms with Crippen LogP contribution in [0.2, 0.25) is 12.1 Å². The van der Waals surface area contributed by atoms with Gasteiger partial charge in [0.2, 0.25) is 0 Å². The Morgan fingerprint density at radius 2 is 0.980 bits per heavy atom. The lowest BCUT2D eigenvalue weighted by molar-refractivity contribution is -0.401. The first-order valence-corrected chi connectivity index (χ1v) is 17.9. The van der Waals surface area contributed by atoms with Crippen molar-refractivity contribution in [1.29, 1.82) is 0 Å². The van der Waals surface area contributed by atoms with E-state index in [1.54, 1.807) is 0 Å². The topological polar surface area (TPSA) is 122 Å². The van der Waals surface area contributed by atoms with Gasteiger partial charge in [0.05, 0.1) is 0 Å². The van der Waals surface area contributed by atoms with Gasteiger partial charge in [-0.2, -0.15) is 35.1 Å². The van der Waals surface area contributed by atoms with Crippen LogP contribution in [0, 0.1) is 0 Å². The fourth-order valence-electron chi connectivity index (χ4n) is 3.78. The third-order valence-electron chi connectivity index (χ3n) is 6.19. The highest BCUT2D eigenvalue weighted by Crippen LogP contribution is 2.29. The van der Waals surface area contributed by atoms with Gasteiger partial charge in [0.1, 0.15) is 26.4 Å². The second-order valence-electron chi connectivity index (χ2n) is 10.1. The van der Waals surface area contributed by atoms with Crippen LogP contribution in [0.15, 0.2) is 0 Å². The van der Waals surface area contributed by atoms with Crippen LogP contribution in [0.4, 0.5) is 43.9 Å². The van der Waals surface area contributed by atoms with E-state index in [-0.39, 0.29) is 38.0 Å². The number of alkyl halides is 10. The van der Waals surface area contributed by atoms with E-state index in [4.69, 9.17) is 26.6 Å². The molecule has 0 aliphatic carbocycles. The van der Waals surface area contributed by atoms with Crippen LogP contribution in [0.5, 0.6) is 0 Å². The molecule has 0 radical (unpaired) electrons. The molecule has 0 aliphatic rings. The molecule has 13 nitrogen and oxygen atoms in total. The molecule has 0 aromatic carbocycles. The summed E-state index contributed by atoms with van der Waals surface area (Å²) >= 11 is 0. The Hall–Kier alpha value is -1.24. The molecule has 0 rings (SSSR count). The summed E-state index contributed by atoms with van der Waals surface area (Å²) < 4.78 is 187. The van der Waals surface area contributed by atoms with Crippen molar-refractivity contribution in [1.82, 2.24) is 4.90 Å². The van der Waals surface area contributed by atoms with Gasteiger partial charge in [-0.1, -0.05) is 0 Å². The molecule has 0 bridgehead atoms. The number of amides is 1. The summed E-state index contributed by atoms with van der Waals surface area (Å²) in [6.07, 6.45) is -19.2. The quantitative estimate of drug-likeness (QED) is 0.0463. The standard InChI is InChI=1S/C24H43F10NO12Si2/c1-20(25,26)14-43-15-22(29,30)47-23(31,32)16-44-18-46-21(27,28)17-45-24(33,34)19(36)35(10-8-12-48(37-2,38-3)39-4)11-9-13-49(40-5,41-6)42-7/h8-18H2,1-7H3. The molecule has 0 atom stereocenters. The van der Waals surface area contributed by atoms with Gasteiger partial charge < -0.3 is 45.7 Å². The molecule has 0 spiro atoms. The van der Waals surface area contributed by atoms with Gasteiger partial charge in [0.15, 0.2) is 6.79 Å². The van der Waals surface area contributed by atoms with Crippen LogP contribution >= 0.6 is 0 Å². The summed E-state index contributed by atoms with van der Waals surface area (Å²) in [7, 11) is 1.43. The van der Waals surface area contributed by atoms with E-state index >= 15 is 0 Å². The van der Waals surface area contributed by atoms with Crippen molar-refractivity contribution in [2.24, 2.45) is 0 Å². The van der Waals surface area contributed by atoms with Crippen LogP contribution < -0.4 is 0 Å². The molecule has 1 amide bonds. The summed E-state index contributed by atoms with van der Waals surface area (Å²) in [5, 5.41) is 0. The first-order chi connectivity index (χ1) is 22.4. The van der Waals surface area contributed by atoms with Gasteiger partial charge in [0, 0.05) is 74.8 Å². The fraction of sp³-hybridized carbons (Fsp3) is 0.958. The summed E-state index contributed by atoms with van der Waals surface area (Å²) in [6, 6.07) is 0.137. The van der Waals surface area contributed by atoms with Gasteiger partial charge in [-0.25, -0.2) is 8.78 Å². The molecule has 0 fully saturated rings. The number of ether oxygens (including phenoxy) is 5. The zero-order valence-corrected chi connectivity index (χ0v) is 29.9. The Labute approximate surface area is 278 Å². The van der Waals surface area contributed by atoms with Crippen LogP contribution in [0.1, 0.15) is 19.8 Å². The van der Waals surface area contributed by atoms with Gasteiger partial charge >= 0.3 is 48.0 Å². The van der Waals surface area contributed by atoms with Crippen molar-refractivity contribution in [3.8, 4) is 0 Å². The number of hydrogen-bond acceptors (Lipinski definition) is 12. The predicted molar refractivity (Wildman–Crippen MR) is 149 cm³/mol. The summed E-state index contributed by atoms with van der Waals surface area (Å²) in [5.74, 6) is -5.57. The summed E-state index contributed by atoms with van der Waals surface area (Å²) in [6.45, 7) is -10.1. The number of nitrogens with zero attached hydrogens (tertiary/aromatic N) is 1. The normalized spacial score (nSPS) is 14.1. The minimum absolute atomic E-state index is 0.00353. The van der Waals surface area contributed by atoms with Gasteiger partial charge in [-0.15, -0.1) is 0 Å². The van der Waals surface area contributed by atoms with Crippen LogP contribution in [0.25, 0.3) is 0 Å². The molecular weight excluding hydrogens is 740 g/mol. The largest absolute Gasteiger partial charge is 0.500 e. The molecule has 0 aromatic heterocycles. The number of carbonyl (C=O) groups is 1. The second-order valence-corrected chi connectivity index (χ2v) is 16.3. The van der Waals surface area contributed by atoms with Crippen molar-refractivity contribution < 1.29 is 98.9 Å². The van der Waals surface area contributed by atoms with Crippen LogP contribution in [-0.4, -0.2) is 148 Å². The molecule has 0 aromatic rings. The number of carbonyl (C=O) groups excluding carboxylic acids is 1. The molecule has 25 heteroatoms. The predicted octanol–water partition coefficient (Wildman–Crippen LogP) is 4.42. The molecule has 0 saturated heterocycles. The summed E-state index contributed by atoms with van der Waals surface area (Å²) in [5.41, 5.74) is 0. The molecule has 0 aliphatic heterocycles. The Kier molecular flexibility index (Phi) is 20.2. The maximum atomic E-state index is 14.8. The first kappa shape index (κ1) is 47.8. The highest BCUT2D eigenvalue weighted by Gasteiger charge is 2.49. The van der Waals surface area contributed by atoms with E-state index in [9.17, 15) is 48.7 Å². The highest BCUT2D eigenvalue weighted by atomic mass is 28.4. The Morgan fingerprint density at radius 1 is 0.571 bits per heavy atom. The van der Waals surface area contributed by atoms with Crippen LogP contribution in [-0.2, 0) is 55.0 Å². The Bertz CT molecular complexity index is 907. The average Bonchev–Trinajstić information content (AvgIpc) is 3.00. The minimum atomic E-state index is -4.87. The Balaban J connectivity index is 5.27. The van der Waals surface area contributed by atoms with E-state index in [0.717, 1.165) is 0 Å². The minimum Gasteiger partial charge on any atom is -0.377 e. The van der Waals surface area contributed by atoms with E-state index in [0.29, 0.717) is 11.8 Å². The van der Waals surface area contributed by atoms with Crippen molar-refractivity contribution in [3.05, 3.63) is 0 Å². The fourth-order valence-corrected chi connectivity index (χ4v) is 7.18. The van der Waals surface area contributed by atoms with Crippen molar-refractivity contribution in [2.75, 3.05) is 89.0 Å². The van der Waals surface area contributed by atoms with Crippen molar-refractivity contribution in [3.63, 3.8) is 0 Å². The second kappa shape index (κ2) is 20.7. The number of rotatable bonds is 29. The lowest BCUT2D eigenvalue weighted by atomic mass is 10.3. The lowest BCUT2D eigenvalue weighted by Gasteiger charge is -2.30. The van der Waals surface area contributed by atoms with Gasteiger partial charge in [0.25, 0.3) is 5.92 Å². The van der Waals surface area contributed by atoms with Crippen LogP contribution in [0.3, 0.4) is 0 Å². The monoisotopic (exact) mass is 783 g/mol. The zero-order valence-electron chi connectivity index (χ0n) is 27.9. The molecule has 294 valence electrons.